The summed E-state index contributed by atoms with van der Waals surface area (Å²) >= 11 is 3.33. The summed E-state index contributed by atoms with van der Waals surface area (Å²) in [6.45, 7) is 1.04. The number of likely N-dealkylation sites (tertiary alicyclic amines) is 1. The van der Waals surface area contributed by atoms with Crippen molar-refractivity contribution in [1.29, 1.82) is 0 Å². The van der Waals surface area contributed by atoms with E-state index in [2.05, 4.69) is 26.6 Å². The molecular weight excluding hydrogens is 414 g/mol. The van der Waals surface area contributed by atoms with Crippen molar-refractivity contribution in [2.24, 2.45) is 5.92 Å². The highest BCUT2D eigenvalue weighted by atomic mass is 79.9. The molecule has 1 aliphatic heterocycles. The molecule has 2 amide bonds. The highest BCUT2D eigenvalue weighted by Gasteiger charge is 2.26. The van der Waals surface area contributed by atoms with Crippen LogP contribution in [0.15, 0.2) is 28.7 Å². The molecular formula is C16H21BrClN3O4. The topological polar surface area (TPSA) is 98.7 Å². The van der Waals surface area contributed by atoms with Gasteiger partial charge in [0.25, 0.3) is 0 Å². The lowest BCUT2D eigenvalue weighted by atomic mass is 9.98. The van der Waals surface area contributed by atoms with Gasteiger partial charge in [-0.1, -0.05) is 12.1 Å². The number of halogens is 2. The average Bonchev–Trinajstić information content (AvgIpc) is 2.55. The average molecular weight is 435 g/mol. The third-order valence-corrected chi connectivity index (χ3v) is 4.51. The molecule has 1 fully saturated rings. The highest BCUT2D eigenvalue weighted by molar-refractivity contribution is 9.10. The van der Waals surface area contributed by atoms with Crippen LogP contribution in [0.3, 0.4) is 0 Å². The van der Waals surface area contributed by atoms with Crippen molar-refractivity contribution in [3.8, 4) is 0 Å². The van der Waals surface area contributed by atoms with Crippen molar-refractivity contribution >= 4 is 51.8 Å². The second-order valence-corrected chi connectivity index (χ2v) is 6.57. The minimum atomic E-state index is -0.826. The van der Waals surface area contributed by atoms with Gasteiger partial charge in [-0.25, -0.2) is 0 Å². The number of carboxylic acid groups (broad SMARTS) is 1. The third kappa shape index (κ3) is 7.01. The van der Waals surface area contributed by atoms with Crippen LogP contribution in [0.1, 0.15) is 12.8 Å². The van der Waals surface area contributed by atoms with E-state index in [4.69, 9.17) is 5.11 Å². The van der Waals surface area contributed by atoms with Crippen LogP contribution in [0.2, 0.25) is 0 Å². The number of nitrogens with zero attached hydrogens (tertiary/aromatic N) is 1. The van der Waals surface area contributed by atoms with Crippen LogP contribution in [0.25, 0.3) is 0 Å². The Hall–Kier alpha value is -1.64. The van der Waals surface area contributed by atoms with Crippen LogP contribution >= 0.6 is 28.3 Å². The molecule has 0 saturated carbocycles. The number of piperidine rings is 1. The Morgan fingerprint density at radius 2 is 1.96 bits per heavy atom. The number of para-hydroxylation sites is 1. The Balaban J connectivity index is 0.00000312. The maximum atomic E-state index is 11.9. The molecule has 1 aromatic rings. The summed E-state index contributed by atoms with van der Waals surface area (Å²) in [4.78, 5) is 36.6. The quantitative estimate of drug-likeness (QED) is 0.633. The molecule has 1 atom stereocenters. The Morgan fingerprint density at radius 1 is 1.24 bits per heavy atom. The van der Waals surface area contributed by atoms with Crippen molar-refractivity contribution in [1.82, 2.24) is 10.2 Å². The molecule has 1 heterocycles. The molecule has 1 unspecified atom stereocenters. The number of nitrogens with one attached hydrogen (secondary N) is 2. The van der Waals surface area contributed by atoms with Crippen LogP contribution in [-0.2, 0) is 14.4 Å². The van der Waals surface area contributed by atoms with Crippen LogP contribution in [0.5, 0.6) is 0 Å². The van der Waals surface area contributed by atoms with Crippen LogP contribution in [-0.4, -0.2) is 54.0 Å². The maximum absolute atomic E-state index is 11.9. The number of carbonyl (C=O) groups excluding carboxylic acids is 2. The van der Waals surface area contributed by atoms with Crippen LogP contribution in [0.4, 0.5) is 5.69 Å². The Labute approximate surface area is 160 Å². The fourth-order valence-corrected chi connectivity index (χ4v) is 2.98. The number of carboxylic acids is 1. The standard InChI is InChI=1S/C16H20BrN3O4.ClH/c17-12-5-1-2-6-13(12)19-14(21)8-18-15(22)10-20-7-3-4-11(9-20)16(23)24;/h1-2,5-6,11H,3-4,7-10H2,(H,18,22)(H,19,21)(H,23,24);1H. The van der Waals surface area contributed by atoms with E-state index in [9.17, 15) is 14.4 Å². The van der Waals surface area contributed by atoms with Crippen LogP contribution < -0.4 is 10.6 Å². The SMILES string of the molecule is Cl.O=C(CN1CCCC(C(=O)O)C1)NCC(=O)Nc1ccccc1Br. The predicted molar refractivity (Wildman–Crippen MR) is 99.8 cm³/mol. The molecule has 0 aromatic heterocycles. The van der Waals surface area contributed by atoms with E-state index in [1.165, 1.54) is 0 Å². The summed E-state index contributed by atoms with van der Waals surface area (Å²) in [7, 11) is 0. The first kappa shape index (κ1) is 21.4. The summed E-state index contributed by atoms with van der Waals surface area (Å²) in [6, 6.07) is 7.20. The molecule has 1 saturated heterocycles. The third-order valence-electron chi connectivity index (χ3n) is 3.82. The smallest absolute Gasteiger partial charge is 0.307 e. The number of benzene rings is 1. The molecule has 25 heavy (non-hydrogen) atoms. The van der Waals surface area contributed by atoms with Gasteiger partial charge in [-0.15, -0.1) is 12.4 Å². The largest absolute Gasteiger partial charge is 0.481 e. The van der Waals surface area contributed by atoms with Gasteiger partial charge in [-0.3, -0.25) is 19.3 Å². The molecule has 3 N–H and O–H groups in total. The fraction of sp³-hybridized carbons (Fsp3) is 0.438. The van der Waals surface area contributed by atoms with Gasteiger partial charge in [-0.05, 0) is 47.4 Å². The molecule has 0 spiro atoms. The van der Waals surface area contributed by atoms with Gasteiger partial charge in [0.2, 0.25) is 11.8 Å². The van der Waals surface area contributed by atoms with Crippen molar-refractivity contribution < 1.29 is 19.5 Å². The molecule has 0 radical (unpaired) electrons. The Kier molecular flexibility index (Phi) is 8.88. The van der Waals surface area contributed by atoms with E-state index in [-0.39, 0.29) is 37.3 Å². The van der Waals surface area contributed by atoms with E-state index in [1.54, 1.807) is 12.1 Å². The zero-order chi connectivity index (χ0) is 17.5. The Bertz CT molecular complexity index is 629. The number of carbonyl (C=O) groups is 3. The van der Waals surface area contributed by atoms with Crippen LogP contribution in [0, 0.1) is 5.92 Å². The van der Waals surface area contributed by atoms with Crippen molar-refractivity contribution in [2.45, 2.75) is 12.8 Å². The normalized spacial score (nSPS) is 17.2. The number of hydrogen-bond acceptors (Lipinski definition) is 4. The molecule has 138 valence electrons. The van der Waals surface area contributed by atoms with Gasteiger partial charge in [0, 0.05) is 11.0 Å². The fourth-order valence-electron chi connectivity index (χ4n) is 2.60. The van der Waals surface area contributed by atoms with Gasteiger partial charge < -0.3 is 15.7 Å². The lowest BCUT2D eigenvalue weighted by Crippen LogP contribution is -2.45. The number of anilines is 1. The zero-order valence-electron chi connectivity index (χ0n) is 13.5. The minimum absolute atomic E-state index is 0. The second kappa shape index (κ2) is 10.4. The van der Waals surface area contributed by atoms with E-state index >= 15 is 0 Å². The minimum Gasteiger partial charge on any atom is -0.481 e. The maximum Gasteiger partial charge on any atom is 0.307 e. The molecule has 2 rings (SSSR count). The molecule has 1 aromatic carbocycles. The molecule has 7 nitrogen and oxygen atoms in total. The van der Waals surface area contributed by atoms with E-state index < -0.39 is 11.9 Å². The Morgan fingerprint density at radius 3 is 2.64 bits per heavy atom. The predicted octanol–water partition coefficient (Wildman–Crippen LogP) is 1.72. The first-order valence-electron chi connectivity index (χ1n) is 7.72. The lowest BCUT2D eigenvalue weighted by Gasteiger charge is -2.29. The monoisotopic (exact) mass is 433 g/mol. The van der Waals surface area contributed by atoms with Gasteiger partial charge in [0.1, 0.15) is 0 Å². The number of rotatable bonds is 6. The summed E-state index contributed by atoms with van der Waals surface area (Å²) in [5.74, 6) is -1.86. The summed E-state index contributed by atoms with van der Waals surface area (Å²) in [6.07, 6.45) is 1.40. The second-order valence-electron chi connectivity index (χ2n) is 5.72. The number of aliphatic carboxylic acids is 1. The highest BCUT2D eigenvalue weighted by Crippen LogP contribution is 2.20. The number of hydrogen-bond donors (Lipinski definition) is 3. The van der Waals surface area contributed by atoms with E-state index in [1.807, 2.05) is 17.0 Å². The van der Waals surface area contributed by atoms with E-state index in [0.29, 0.717) is 25.2 Å². The summed E-state index contributed by atoms with van der Waals surface area (Å²) in [5, 5.41) is 14.3. The molecule has 0 aliphatic carbocycles. The van der Waals surface area contributed by atoms with Gasteiger partial charge in [-0.2, -0.15) is 0 Å². The molecule has 9 heteroatoms. The van der Waals surface area contributed by atoms with Gasteiger partial charge in [0.05, 0.1) is 24.7 Å². The summed E-state index contributed by atoms with van der Waals surface area (Å²) < 4.78 is 0.762. The zero-order valence-corrected chi connectivity index (χ0v) is 15.9. The lowest BCUT2D eigenvalue weighted by molar-refractivity contribution is -0.144. The van der Waals surface area contributed by atoms with E-state index in [0.717, 1.165) is 10.9 Å². The summed E-state index contributed by atoms with van der Waals surface area (Å²) in [5.41, 5.74) is 0.636. The van der Waals surface area contributed by atoms with Crippen molar-refractivity contribution in [3.05, 3.63) is 28.7 Å². The number of amides is 2. The van der Waals surface area contributed by atoms with Gasteiger partial charge in [0.15, 0.2) is 0 Å². The first-order valence-corrected chi connectivity index (χ1v) is 8.51. The molecule has 1 aliphatic rings. The first-order chi connectivity index (χ1) is 11.5. The van der Waals surface area contributed by atoms with Crippen molar-refractivity contribution in [3.63, 3.8) is 0 Å². The van der Waals surface area contributed by atoms with Gasteiger partial charge >= 0.3 is 5.97 Å². The molecule has 0 bridgehead atoms. The van der Waals surface area contributed by atoms with Crippen molar-refractivity contribution in [2.75, 3.05) is 31.5 Å².